The third-order valence-electron chi connectivity index (χ3n) is 2.91. The predicted molar refractivity (Wildman–Crippen MR) is 63.5 cm³/mol. The average molecular weight is 205 g/mol. The number of hydrogen-bond donors (Lipinski definition) is 0. The van der Waals surface area contributed by atoms with Crippen LogP contribution in [0.25, 0.3) is 0 Å². The predicted octanol–water partition coefficient (Wildman–Crippen LogP) is 3.94. The Morgan fingerprint density at radius 3 is 2.27 bits per heavy atom. The van der Waals surface area contributed by atoms with Crippen molar-refractivity contribution >= 4 is 0 Å². The highest BCUT2D eigenvalue weighted by Gasteiger charge is 2.16. The van der Waals surface area contributed by atoms with Gasteiger partial charge in [0.2, 0.25) is 0 Å². The van der Waals surface area contributed by atoms with Crippen LogP contribution < -0.4 is 0 Å². The number of rotatable bonds is 4. The first-order chi connectivity index (χ1) is 7.10. The van der Waals surface area contributed by atoms with Crippen LogP contribution in [0.3, 0.4) is 0 Å². The number of benzene rings is 1. The zero-order valence-electron chi connectivity index (χ0n) is 10.2. The summed E-state index contributed by atoms with van der Waals surface area (Å²) in [5, 5.41) is 12.0. The minimum absolute atomic E-state index is 0.169. The van der Waals surface area contributed by atoms with Gasteiger partial charge in [-0.05, 0) is 35.4 Å². The first-order valence-electron chi connectivity index (χ1n) is 5.87. The largest absolute Gasteiger partial charge is 0.228 e. The third kappa shape index (κ3) is 2.82. The van der Waals surface area contributed by atoms with Gasteiger partial charge in [0.15, 0.2) is 0 Å². The molecular weight excluding hydrogens is 184 g/mol. The summed E-state index contributed by atoms with van der Waals surface area (Å²) in [5.74, 6) is 0.169. The summed E-state index contributed by atoms with van der Waals surface area (Å²) < 4.78 is 0. The SMILES string of the molecule is CCc1ccc(C([O])C(C)C)c(CC)c1. The van der Waals surface area contributed by atoms with Gasteiger partial charge in [-0.15, -0.1) is 0 Å². The van der Waals surface area contributed by atoms with Gasteiger partial charge < -0.3 is 0 Å². The molecule has 0 N–H and O–H groups in total. The van der Waals surface area contributed by atoms with Crippen LogP contribution in [0.15, 0.2) is 18.2 Å². The number of hydrogen-bond acceptors (Lipinski definition) is 0. The Balaban J connectivity index is 3.07. The molecule has 0 saturated heterocycles. The van der Waals surface area contributed by atoms with Crippen molar-refractivity contribution in [1.29, 1.82) is 0 Å². The van der Waals surface area contributed by atoms with Crippen molar-refractivity contribution < 1.29 is 5.11 Å². The van der Waals surface area contributed by atoms with Crippen molar-refractivity contribution in [3.8, 4) is 0 Å². The van der Waals surface area contributed by atoms with Crippen LogP contribution in [-0.4, -0.2) is 0 Å². The van der Waals surface area contributed by atoms with E-state index >= 15 is 0 Å². The topological polar surface area (TPSA) is 19.9 Å². The zero-order chi connectivity index (χ0) is 11.4. The van der Waals surface area contributed by atoms with E-state index in [2.05, 4.69) is 26.0 Å². The summed E-state index contributed by atoms with van der Waals surface area (Å²) in [5.41, 5.74) is 3.54. The maximum atomic E-state index is 12.0. The van der Waals surface area contributed by atoms with E-state index in [-0.39, 0.29) is 5.92 Å². The lowest BCUT2D eigenvalue weighted by Gasteiger charge is -2.17. The van der Waals surface area contributed by atoms with Crippen molar-refractivity contribution in [1.82, 2.24) is 0 Å². The van der Waals surface area contributed by atoms with Crippen LogP contribution in [0.1, 0.15) is 50.5 Å². The van der Waals surface area contributed by atoms with E-state index in [0.29, 0.717) is 0 Å². The Kier molecular flexibility index (Phi) is 4.34. The van der Waals surface area contributed by atoms with Gasteiger partial charge in [0, 0.05) is 0 Å². The highest BCUT2D eigenvalue weighted by molar-refractivity contribution is 5.33. The van der Waals surface area contributed by atoms with E-state index < -0.39 is 6.10 Å². The number of aryl methyl sites for hydroxylation is 2. The molecule has 0 amide bonds. The zero-order valence-corrected chi connectivity index (χ0v) is 10.2. The highest BCUT2D eigenvalue weighted by Crippen LogP contribution is 2.26. The van der Waals surface area contributed by atoms with Crippen molar-refractivity contribution in [2.24, 2.45) is 5.92 Å². The second-order valence-corrected chi connectivity index (χ2v) is 4.40. The van der Waals surface area contributed by atoms with E-state index in [9.17, 15) is 5.11 Å². The summed E-state index contributed by atoms with van der Waals surface area (Å²) in [7, 11) is 0. The molecule has 0 bridgehead atoms. The quantitative estimate of drug-likeness (QED) is 0.709. The molecule has 83 valence electrons. The summed E-state index contributed by atoms with van der Waals surface area (Å²) >= 11 is 0. The smallest absolute Gasteiger partial charge is 0.120 e. The monoisotopic (exact) mass is 205 g/mol. The fourth-order valence-corrected chi connectivity index (χ4v) is 1.82. The van der Waals surface area contributed by atoms with Crippen LogP contribution in [0, 0.1) is 5.92 Å². The molecular formula is C14H21O. The lowest BCUT2D eigenvalue weighted by molar-refractivity contribution is 0.0481. The normalized spacial score (nSPS) is 13.2. The summed E-state index contributed by atoms with van der Waals surface area (Å²) in [4.78, 5) is 0. The highest BCUT2D eigenvalue weighted by atomic mass is 16.3. The molecule has 0 aromatic heterocycles. The maximum absolute atomic E-state index is 12.0. The molecule has 0 aliphatic carbocycles. The molecule has 0 aliphatic rings. The van der Waals surface area contributed by atoms with E-state index in [4.69, 9.17) is 0 Å². The molecule has 1 heteroatoms. The minimum Gasteiger partial charge on any atom is -0.228 e. The van der Waals surface area contributed by atoms with Gasteiger partial charge in [0.25, 0.3) is 0 Å². The molecule has 1 radical (unpaired) electrons. The summed E-state index contributed by atoms with van der Waals surface area (Å²) in [6, 6.07) is 6.29. The molecule has 0 saturated carbocycles. The van der Waals surface area contributed by atoms with Gasteiger partial charge in [0.1, 0.15) is 6.10 Å². The molecule has 1 unspecified atom stereocenters. The van der Waals surface area contributed by atoms with Crippen LogP contribution in [0.4, 0.5) is 0 Å². The fourth-order valence-electron chi connectivity index (χ4n) is 1.82. The third-order valence-corrected chi connectivity index (χ3v) is 2.91. The molecule has 15 heavy (non-hydrogen) atoms. The van der Waals surface area contributed by atoms with Gasteiger partial charge in [-0.25, -0.2) is 5.11 Å². The lowest BCUT2D eigenvalue weighted by Crippen LogP contribution is -2.07. The van der Waals surface area contributed by atoms with Gasteiger partial charge in [0.05, 0.1) is 0 Å². The molecule has 1 atom stereocenters. The molecule has 1 rings (SSSR count). The van der Waals surface area contributed by atoms with E-state index in [1.807, 2.05) is 19.9 Å². The second-order valence-electron chi connectivity index (χ2n) is 4.40. The van der Waals surface area contributed by atoms with Gasteiger partial charge in [-0.1, -0.05) is 45.9 Å². The maximum Gasteiger partial charge on any atom is 0.120 e. The standard InChI is InChI=1S/C14H21O/c1-5-11-7-8-13(12(6-2)9-11)14(15)10(3)4/h7-10,14H,5-6H2,1-4H3. The van der Waals surface area contributed by atoms with Gasteiger partial charge in [-0.3, -0.25) is 0 Å². The second kappa shape index (κ2) is 5.32. The van der Waals surface area contributed by atoms with Crippen LogP contribution >= 0.6 is 0 Å². The molecule has 1 aromatic carbocycles. The Bertz CT molecular complexity index is 315. The molecule has 1 aromatic rings. The molecule has 0 heterocycles. The average Bonchev–Trinajstić information content (AvgIpc) is 2.27. The van der Waals surface area contributed by atoms with Gasteiger partial charge in [-0.2, -0.15) is 0 Å². The van der Waals surface area contributed by atoms with Crippen LogP contribution in [-0.2, 0) is 17.9 Å². The van der Waals surface area contributed by atoms with Crippen molar-refractivity contribution in [3.63, 3.8) is 0 Å². The van der Waals surface area contributed by atoms with Crippen LogP contribution in [0.5, 0.6) is 0 Å². The Labute approximate surface area is 93.1 Å². The Morgan fingerprint density at radius 2 is 1.80 bits per heavy atom. The lowest BCUT2D eigenvalue weighted by atomic mass is 9.92. The van der Waals surface area contributed by atoms with E-state index in [1.165, 1.54) is 11.1 Å². The summed E-state index contributed by atoms with van der Waals surface area (Å²) in [6.07, 6.45) is 1.42. The molecule has 1 nitrogen and oxygen atoms in total. The van der Waals surface area contributed by atoms with Crippen LogP contribution in [0.2, 0.25) is 0 Å². The van der Waals surface area contributed by atoms with Crippen molar-refractivity contribution in [3.05, 3.63) is 34.9 Å². The van der Waals surface area contributed by atoms with Crippen molar-refractivity contribution in [2.75, 3.05) is 0 Å². The first-order valence-corrected chi connectivity index (χ1v) is 5.87. The molecule has 0 fully saturated rings. The summed E-state index contributed by atoms with van der Waals surface area (Å²) in [6.45, 7) is 8.24. The van der Waals surface area contributed by atoms with E-state index in [0.717, 1.165) is 18.4 Å². The Hall–Kier alpha value is -0.820. The fraction of sp³-hybridized carbons (Fsp3) is 0.571. The Morgan fingerprint density at radius 1 is 1.13 bits per heavy atom. The molecule has 0 aliphatic heterocycles. The molecule has 0 spiro atoms. The minimum atomic E-state index is -0.578. The van der Waals surface area contributed by atoms with Gasteiger partial charge >= 0.3 is 0 Å². The van der Waals surface area contributed by atoms with E-state index in [1.54, 1.807) is 0 Å². The van der Waals surface area contributed by atoms with Crippen molar-refractivity contribution in [2.45, 2.75) is 46.6 Å². The first kappa shape index (κ1) is 12.3.